The Morgan fingerprint density at radius 1 is 0.647 bits per heavy atom. The first-order valence-electron chi connectivity index (χ1n) is 16.9. The van der Waals surface area contributed by atoms with Crippen LogP contribution in [-0.4, -0.2) is 19.6 Å². The van der Waals surface area contributed by atoms with Gasteiger partial charge in [0.05, 0.1) is 28.5 Å². The van der Waals surface area contributed by atoms with Crippen LogP contribution in [0.2, 0.25) is 0 Å². The predicted molar refractivity (Wildman–Crippen MR) is 199 cm³/mol. The number of phenolic OH excluding ortho intramolecular Hbond substituents is 1. The summed E-state index contributed by atoms with van der Waals surface area (Å²) in [7, 11) is 0. The van der Waals surface area contributed by atoms with E-state index in [0.29, 0.717) is 17.2 Å². The molecule has 252 valence electrons. The van der Waals surface area contributed by atoms with E-state index < -0.39 is 0 Å². The van der Waals surface area contributed by atoms with Crippen LogP contribution in [-0.2, 0) is 31.9 Å². The van der Waals surface area contributed by atoms with Gasteiger partial charge in [-0.25, -0.2) is 4.98 Å². The predicted octanol–water partition coefficient (Wildman–Crippen LogP) is 11.1. The van der Waals surface area contributed by atoms with E-state index in [4.69, 9.17) is 18.8 Å². The van der Waals surface area contributed by atoms with Crippen LogP contribution in [0.5, 0.6) is 5.75 Å². The molecule has 0 amide bonds. The van der Waals surface area contributed by atoms with Gasteiger partial charge in [0.15, 0.2) is 0 Å². The zero-order valence-electron chi connectivity index (χ0n) is 28.4. The van der Waals surface area contributed by atoms with Crippen molar-refractivity contribution in [3.63, 3.8) is 0 Å². The van der Waals surface area contributed by atoms with Gasteiger partial charge in [0.2, 0.25) is 0 Å². The Balaban J connectivity index is 0.00000348. The molecule has 1 aliphatic rings. The van der Waals surface area contributed by atoms with Crippen molar-refractivity contribution in [2.75, 3.05) is 0 Å². The number of hydrogen-bond acceptors (Lipinski definition) is 5. The Hall–Kier alpha value is -5.45. The summed E-state index contributed by atoms with van der Waals surface area (Å²) in [5.74, 6) is 0.937. The van der Waals surface area contributed by atoms with Crippen LogP contribution in [0.1, 0.15) is 38.8 Å². The molecule has 7 heteroatoms. The molecule has 1 aliphatic carbocycles. The Labute approximate surface area is 308 Å². The summed E-state index contributed by atoms with van der Waals surface area (Å²) in [6.45, 7) is 9.00. The van der Waals surface area contributed by atoms with Gasteiger partial charge in [-0.15, -0.1) is 12.1 Å². The average Bonchev–Trinajstić information content (AvgIpc) is 3.84. The van der Waals surface area contributed by atoms with Crippen molar-refractivity contribution in [2.24, 2.45) is 0 Å². The summed E-state index contributed by atoms with van der Waals surface area (Å²) >= 11 is 0. The molecule has 0 saturated heterocycles. The monoisotopic (exact) mass is 845 g/mol. The van der Waals surface area contributed by atoms with Crippen molar-refractivity contribution < 1.29 is 35.0 Å². The zero-order valence-corrected chi connectivity index (χ0v) is 30.7. The molecule has 4 aromatic heterocycles. The number of para-hydroxylation sites is 2. The third-order valence-electron chi connectivity index (χ3n) is 11.3. The normalized spacial score (nSPS) is 14.5. The van der Waals surface area contributed by atoms with Crippen LogP contribution < -0.4 is 0 Å². The van der Waals surface area contributed by atoms with Gasteiger partial charge in [-0.2, -0.15) is 0 Å². The van der Waals surface area contributed by atoms with E-state index in [0.717, 1.165) is 77.5 Å². The molecule has 1 N–H and O–H groups in total. The van der Waals surface area contributed by atoms with Crippen LogP contribution >= 0.6 is 0 Å². The minimum atomic E-state index is -0.242. The number of aromatic nitrogens is 3. The van der Waals surface area contributed by atoms with Crippen LogP contribution in [0.15, 0.2) is 124 Å². The standard InChI is InChI=1S/C44H32N3O3.Pt/c1-43(2)30-14-10-15-34(48)40(30)41-31(44(43,3)4)21-22-32(45-41)33-24-47(25-19-20-27-26-11-5-7-16-35(26)50-38(27)23-25)42(46-33)29-13-9-18-37-39(29)28-12-6-8-17-36(28)49-37;/h5-12,14-24,48H,1-4H3;/q-1;. The van der Waals surface area contributed by atoms with Crippen molar-refractivity contribution in [1.29, 1.82) is 0 Å². The van der Waals surface area contributed by atoms with E-state index in [2.05, 4.69) is 86.9 Å². The number of furan rings is 2. The second kappa shape index (κ2) is 11.0. The van der Waals surface area contributed by atoms with Crippen molar-refractivity contribution >= 4 is 43.9 Å². The first-order chi connectivity index (χ1) is 24.2. The fourth-order valence-corrected chi connectivity index (χ4v) is 7.91. The Morgan fingerprint density at radius 2 is 1.35 bits per heavy atom. The van der Waals surface area contributed by atoms with E-state index >= 15 is 0 Å². The first kappa shape index (κ1) is 31.5. The first-order valence-corrected chi connectivity index (χ1v) is 16.9. The van der Waals surface area contributed by atoms with Gasteiger partial charge in [-0.05, 0) is 58.3 Å². The molecule has 4 heterocycles. The van der Waals surface area contributed by atoms with E-state index in [9.17, 15) is 5.11 Å². The Kier molecular flexibility index (Phi) is 6.81. The van der Waals surface area contributed by atoms with Crippen LogP contribution in [0, 0.1) is 6.07 Å². The smallest absolute Gasteiger partial charge is 0.137 e. The average molecular weight is 846 g/mol. The van der Waals surface area contributed by atoms with Gasteiger partial charge in [0.1, 0.15) is 22.5 Å². The minimum Gasteiger partial charge on any atom is -0.507 e. The van der Waals surface area contributed by atoms with E-state index in [-0.39, 0.29) is 37.6 Å². The summed E-state index contributed by atoms with van der Waals surface area (Å²) in [4.78, 5) is 10.6. The van der Waals surface area contributed by atoms with Crippen molar-refractivity contribution in [2.45, 2.75) is 38.5 Å². The number of nitrogens with zero attached hydrogens (tertiary/aromatic N) is 3. The van der Waals surface area contributed by atoms with E-state index in [1.54, 1.807) is 6.07 Å². The zero-order chi connectivity index (χ0) is 33.9. The Morgan fingerprint density at radius 3 is 2.18 bits per heavy atom. The van der Waals surface area contributed by atoms with Crippen molar-refractivity contribution in [3.05, 3.63) is 133 Å². The van der Waals surface area contributed by atoms with Crippen LogP contribution in [0.3, 0.4) is 0 Å². The van der Waals surface area contributed by atoms with Crippen LogP contribution in [0.25, 0.3) is 83.6 Å². The van der Waals surface area contributed by atoms with Crippen molar-refractivity contribution in [1.82, 2.24) is 14.5 Å². The number of aromatic hydroxyl groups is 1. The van der Waals surface area contributed by atoms with Gasteiger partial charge in [-0.1, -0.05) is 99.3 Å². The summed E-state index contributed by atoms with van der Waals surface area (Å²) in [5.41, 5.74) is 9.63. The molecule has 0 aliphatic heterocycles. The molecule has 10 rings (SSSR count). The fraction of sp³-hybridized carbons (Fsp3) is 0.136. The maximum absolute atomic E-state index is 11.2. The molecule has 0 saturated carbocycles. The second-order valence-corrected chi connectivity index (χ2v) is 14.3. The topological polar surface area (TPSA) is 77.2 Å². The van der Waals surface area contributed by atoms with E-state index in [1.807, 2.05) is 60.8 Å². The molecular formula is C44H32N3O3Pt-. The van der Waals surface area contributed by atoms with Gasteiger partial charge in [0, 0.05) is 60.8 Å². The SMILES string of the molecule is CC1(C)c2ccc(-c3cn(-c4ccc5c(c4)oc4ccccc45)c(-c4[c-]ccc5oc6ccccc6c45)n3)nc2-c2c(O)cccc2C1(C)C.[Pt]. The molecule has 5 aromatic carbocycles. The molecule has 6 nitrogen and oxygen atoms in total. The van der Waals surface area contributed by atoms with Gasteiger partial charge >= 0.3 is 0 Å². The number of phenols is 1. The molecule has 0 bridgehead atoms. The second-order valence-electron chi connectivity index (χ2n) is 14.3. The summed E-state index contributed by atoms with van der Waals surface area (Å²) < 4.78 is 14.7. The number of fused-ring (bicyclic) bond motifs is 9. The van der Waals surface area contributed by atoms with E-state index in [1.165, 1.54) is 0 Å². The molecular weight excluding hydrogens is 814 g/mol. The third-order valence-corrected chi connectivity index (χ3v) is 11.3. The number of imidazole rings is 1. The number of benzene rings is 5. The summed E-state index contributed by atoms with van der Waals surface area (Å²) in [5, 5.41) is 15.3. The number of hydrogen-bond donors (Lipinski definition) is 1. The third kappa shape index (κ3) is 4.39. The van der Waals surface area contributed by atoms with Gasteiger partial charge < -0.3 is 18.5 Å². The number of rotatable bonds is 3. The fourth-order valence-electron chi connectivity index (χ4n) is 7.91. The largest absolute Gasteiger partial charge is 0.507 e. The molecule has 51 heavy (non-hydrogen) atoms. The summed E-state index contributed by atoms with van der Waals surface area (Å²) in [6.07, 6.45) is 2.03. The number of pyridine rings is 1. The molecule has 0 radical (unpaired) electrons. The maximum atomic E-state index is 11.2. The molecule has 0 fully saturated rings. The van der Waals surface area contributed by atoms with Crippen molar-refractivity contribution in [3.8, 4) is 45.5 Å². The van der Waals surface area contributed by atoms with Gasteiger partial charge in [-0.3, -0.25) is 4.98 Å². The maximum Gasteiger partial charge on any atom is 0.137 e. The molecule has 0 atom stereocenters. The summed E-state index contributed by atoms with van der Waals surface area (Å²) in [6, 6.07) is 39.8. The molecule has 9 aromatic rings. The Bertz CT molecular complexity index is 2860. The van der Waals surface area contributed by atoms with Crippen LogP contribution in [0.4, 0.5) is 0 Å². The molecule has 0 unspecified atom stereocenters. The molecule has 0 spiro atoms. The van der Waals surface area contributed by atoms with Gasteiger partial charge in [0.25, 0.3) is 0 Å². The quantitative estimate of drug-likeness (QED) is 0.179. The minimum absolute atomic E-state index is 0.